The summed E-state index contributed by atoms with van der Waals surface area (Å²) in [6.45, 7) is 0.217. The molecule has 1 heterocycles. The number of nitrogens with zero attached hydrogens (tertiary/aromatic N) is 2. The van der Waals surface area contributed by atoms with Gasteiger partial charge in [0.15, 0.2) is 0 Å². The van der Waals surface area contributed by atoms with Gasteiger partial charge in [0.1, 0.15) is 0 Å². The zero-order valence-electron chi connectivity index (χ0n) is 11.8. The lowest BCUT2D eigenvalue weighted by Crippen LogP contribution is -2.23. The number of aromatic amines is 1. The number of hydrogen-bond acceptors (Lipinski definition) is 2. The van der Waals surface area contributed by atoms with Crippen LogP contribution >= 0.6 is 0 Å². The molecule has 22 heavy (non-hydrogen) atoms. The van der Waals surface area contributed by atoms with Crippen LogP contribution in [0.4, 0.5) is 4.79 Å². The van der Waals surface area contributed by atoms with Crippen molar-refractivity contribution in [2.75, 3.05) is 0 Å². The first kappa shape index (κ1) is 13.9. The fraction of sp³-hybridized carbons (Fsp3) is 0.0588. The molecule has 5 nitrogen and oxygen atoms in total. The third-order valence-electron chi connectivity index (χ3n) is 3.35. The molecule has 0 aliphatic rings. The first-order valence-corrected chi connectivity index (χ1v) is 6.88. The number of fused-ring (bicyclic) bond motifs is 1. The highest BCUT2D eigenvalue weighted by molar-refractivity contribution is 5.99. The van der Waals surface area contributed by atoms with Crippen LogP contribution in [-0.4, -0.2) is 27.4 Å². The number of benzene rings is 2. The second kappa shape index (κ2) is 6.13. The van der Waals surface area contributed by atoms with Crippen LogP contribution in [0.2, 0.25) is 0 Å². The van der Waals surface area contributed by atoms with Gasteiger partial charge in [-0.05, 0) is 11.6 Å². The Bertz CT molecular complexity index is 809. The average molecular weight is 293 g/mol. The molecule has 5 heteroatoms. The molecule has 0 saturated heterocycles. The molecule has 0 unspecified atom stereocenters. The van der Waals surface area contributed by atoms with Crippen molar-refractivity contribution in [2.45, 2.75) is 6.54 Å². The van der Waals surface area contributed by atoms with E-state index in [0.29, 0.717) is 0 Å². The Morgan fingerprint density at radius 2 is 1.86 bits per heavy atom. The maximum Gasteiger partial charge on any atom is 0.428 e. The van der Waals surface area contributed by atoms with Crippen molar-refractivity contribution < 1.29 is 9.90 Å². The second-order valence-corrected chi connectivity index (χ2v) is 4.86. The fourth-order valence-electron chi connectivity index (χ4n) is 2.25. The second-order valence-electron chi connectivity index (χ2n) is 4.86. The number of rotatable bonds is 4. The summed E-state index contributed by atoms with van der Waals surface area (Å²) < 4.78 is 0. The summed E-state index contributed by atoms with van der Waals surface area (Å²) >= 11 is 0. The van der Waals surface area contributed by atoms with E-state index in [1.807, 2.05) is 60.8 Å². The van der Waals surface area contributed by atoms with Gasteiger partial charge in [-0.2, -0.15) is 10.1 Å². The topological polar surface area (TPSA) is 68.7 Å². The molecule has 0 fully saturated rings. The summed E-state index contributed by atoms with van der Waals surface area (Å²) in [6.07, 6.45) is 2.30. The van der Waals surface area contributed by atoms with Crippen molar-refractivity contribution >= 4 is 23.2 Å². The number of para-hydroxylation sites is 1. The molecule has 3 rings (SSSR count). The number of hydrogen-bond donors (Lipinski definition) is 2. The minimum Gasteiger partial charge on any atom is -0.464 e. The molecule has 2 aromatic carbocycles. The fourth-order valence-corrected chi connectivity index (χ4v) is 2.25. The quantitative estimate of drug-likeness (QED) is 0.569. The number of aromatic nitrogens is 1. The molecule has 110 valence electrons. The Hall–Kier alpha value is -3.08. The van der Waals surface area contributed by atoms with E-state index in [0.717, 1.165) is 27.0 Å². The molecule has 1 aromatic heterocycles. The lowest BCUT2D eigenvalue weighted by molar-refractivity contribution is 0.144. The Balaban J connectivity index is 1.83. The number of nitrogens with one attached hydrogen (secondary N) is 1. The Kier molecular flexibility index (Phi) is 3.87. The predicted molar refractivity (Wildman–Crippen MR) is 85.9 cm³/mol. The van der Waals surface area contributed by atoms with Gasteiger partial charge in [-0.25, -0.2) is 4.79 Å². The minimum absolute atomic E-state index is 0.217. The molecule has 0 bridgehead atoms. The molecule has 0 atom stereocenters. The first-order valence-electron chi connectivity index (χ1n) is 6.88. The van der Waals surface area contributed by atoms with Gasteiger partial charge in [-0.1, -0.05) is 48.5 Å². The highest BCUT2D eigenvalue weighted by atomic mass is 16.4. The lowest BCUT2D eigenvalue weighted by atomic mass is 10.2. The van der Waals surface area contributed by atoms with Crippen LogP contribution < -0.4 is 0 Å². The predicted octanol–water partition coefficient (Wildman–Crippen LogP) is 3.68. The van der Waals surface area contributed by atoms with Crippen molar-refractivity contribution in [1.82, 2.24) is 9.99 Å². The van der Waals surface area contributed by atoms with Crippen molar-refractivity contribution in [3.63, 3.8) is 0 Å². The molecule has 1 amide bonds. The van der Waals surface area contributed by atoms with Gasteiger partial charge >= 0.3 is 6.09 Å². The zero-order valence-corrected chi connectivity index (χ0v) is 11.8. The highest BCUT2D eigenvalue weighted by Gasteiger charge is 2.10. The monoisotopic (exact) mass is 293 g/mol. The van der Waals surface area contributed by atoms with Crippen LogP contribution in [0.25, 0.3) is 10.9 Å². The number of amides is 1. The smallest absolute Gasteiger partial charge is 0.428 e. The molecule has 2 N–H and O–H groups in total. The van der Waals surface area contributed by atoms with Gasteiger partial charge in [-0.15, -0.1) is 0 Å². The maximum atomic E-state index is 11.3. The zero-order chi connectivity index (χ0) is 15.4. The van der Waals surface area contributed by atoms with Gasteiger partial charge in [0.25, 0.3) is 0 Å². The number of hydrazone groups is 1. The van der Waals surface area contributed by atoms with Crippen molar-refractivity contribution in [2.24, 2.45) is 5.10 Å². The third kappa shape index (κ3) is 2.98. The van der Waals surface area contributed by atoms with E-state index in [9.17, 15) is 9.90 Å². The van der Waals surface area contributed by atoms with E-state index < -0.39 is 6.09 Å². The molecule has 0 spiro atoms. The Morgan fingerprint density at radius 1 is 1.14 bits per heavy atom. The van der Waals surface area contributed by atoms with Gasteiger partial charge in [0, 0.05) is 22.7 Å². The van der Waals surface area contributed by atoms with E-state index >= 15 is 0 Å². The van der Waals surface area contributed by atoms with Crippen molar-refractivity contribution in [3.8, 4) is 0 Å². The summed E-state index contributed by atoms with van der Waals surface area (Å²) in [5.74, 6) is 0. The molecular formula is C17H15N3O2. The summed E-state index contributed by atoms with van der Waals surface area (Å²) in [6, 6.07) is 17.2. The van der Waals surface area contributed by atoms with Crippen LogP contribution in [0.5, 0.6) is 0 Å². The lowest BCUT2D eigenvalue weighted by Gasteiger charge is -2.12. The average Bonchev–Trinajstić information content (AvgIpc) is 2.95. The van der Waals surface area contributed by atoms with E-state index in [2.05, 4.69) is 10.1 Å². The molecule has 0 saturated carbocycles. The van der Waals surface area contributed by atoms with Gasteiger partial charge in [-0.3, -0.25) is 0 Å². The third-order valence-corrected chi connectivity index (χ3v) is 3.35. The SMILES string of the molecule is O=C(O)N(Cc1ccccc1)/N=C/c1c[nH]c2ccccc12. The summed E-state index contributed by atoms with van der Waals surface area (Å²) in [5.41, 5.74) is 2.74. The van der Waals surface area contributed by atoms with E-state index in [1.54, 1.807) is 6.21 Å². The van der Waals surface area contributed by atoms with Crippen molar-refractivity contribution in [1.29, 1.82) is 0 Å². The van der Waals surface area contributed by atoms with E-state index in [-0.39, 0.29) is 6.54 Å². The van der Waals surface area contributed by atoms with Crippen LogP contribution in [0.15, 0.2) is 65.9 Å². The summed E-state index contributed by atoms with van der Waals surface area (Å²) in [5, 5.41) is 15.4. The molecule has 3 aromatic rings. The summed E-state index contributed by atoms with van der Waals surface area (Å²) in [4.78, 5) is 14.5. The minimum atomic E-state index is -1.08. The van der Waals surface area contributed by atoms with Crippen LogP contribution in [-0.2, 0) is 6.54 Å². The number of carbonyl (C=O) groups is 1. The van der Waals surface area contributed by atoms with E-state index in [4.69, 9.17) is 0 Å². The van der Waals surface area contributed by atoms with Crippen LogP contribution in [0.3, 0.4) is 0 Å². The van der Waals surface area contributed by atoms with Gasteiger partial charge < -0.3 is 10.1 Å². The van der Waals surface area contributed by atoms with E-state index in [1.165, 1.54) is 0 Å². The molecule has 0 aliphatic carbocycles. The standard InChI is InChI=1S/C17H15N3O2/c21-17(22)20(12-13-6-2-1-3-7-13)19-11-14-10-18-16-9-5-4-8-15(14)16/h1-11,18H,12H2,(H,21,22)/b19-11+. The van der Waals surface area contributed by atoms with Gasteiger partial charge in [0.2, 0.25) is 0 Å². The molecule has 0 aliphatic heterocycles. The Labute approximate surface area is 127 Å². The highest BCUT2D eigenvalue weighted by Crippen LogP contribution is 2.16. The van der Waals surface area contributed by atoms with Gasteiger partial charge in [0.05, 0.1) is 12.8 Å². The van der Waals surface area contributed by atoms with Crippen LogP contribution in [0, 0.1) is 0 Å². The Morgan fingerprint density at radius 3 is 2.64 bits per heavy atom. The number of H-pyrrole nitrogens is 1. The van der Waals surface area contributed by atoms with Crippen molar-refractivity contribution in [3.05, 3.63) is 71.9 Å². The maximum absolute atomic E-state index is 11.3. The normalized spacial score (nSPS) is 11.1. The largest absolute Gasteiger partial charge is 0.464 e. The summed E-state index contributed by atoms with van der Waals surface area (Å²) in [7, 11) is 0. The molecular weight excluding hydrogens is 278 g/mol. The molecule has 0 radical (unpaired) electrons. The van der Waals surface area contributed by atoms with Crippen LogP contribution in [0.1, 0.15) is 11.1 Å². The number of carboxylic acid groups (broad SMARTS) is 1. The first-order chi connectivity index (χ1) is 10.7.